The Morgan fingerprint density at radius 2 is 1.88 bits per heavy atom. The summed E-state index contributed by atoms with van der Waals surface area (Å²) in [6.07, 6.45) is 10.8. The van der Waals surface area contributed by atoms with E-state index in [4.69, 9.17) is 4.42 Å². The normalized spacial score (nSPS) is 20.2. The molecule has 0 atom stereocenters. The third-order valence-corrected chi connectivity index (χ3v) is 6.45. The highest BCUT2D eigenvalue weighted by Gasteiger charge is 2.38. The van der Waals surface area contributed by atoms with Crippen molar-refractivity contribution in [2.24, 2.45) is 12.5 Å². The molecule has 2 saturated heterocycles. The Morgan fingerprint density at radius 1 is 1.00 bits per heavy atom. The summed E-state index contributed by atoms with van der Waals surface area (Å²) in [6.45, 7) is 4.61. The third kappa shape index (κ3) is 2.66. The fraction of sp³-hybridized carbons (Fsp3) is 0.476. The van der Waals surface area contributed by atoms with Gasteiger partial charge < -0.3 is 14.2 Å². The quantitative estimate of drug-likeness (QED) is 0.699. The summed E-state index contributed by atoms with van der Waals surface area (Å²) in [6, 6.07) is 8.86. The molecule has 2 aromatic heterocycles. The molecule has 0 saturated carbocycles. The first-order valence-electron chi connectivity index (χ1n) is 9.66. The highest BCUT2D eigenvalue weighted by Crippen LogP contribution is 2.42. The van der Waals surface area contributed by atoms with Gasteiger partial charge in [0.05, 0.1) is 23.7 Å². The number of hydrogen-bond donors (Lipinski definition) is 0. The number of aryl methyl sites for hydroxylation is 1. The van der Waals surface area contributed by atoms with Crippen molar-refractivity contribution >= 4 is 22.3 Å². The maximum Gasteiger partial charge on any atom is 0.114 e. The van der Waals surface area contributed by atoms with Crippen molar-refractivity contribution in [3.63, 3.8) is 0 Å². The summed E-state index contributed by atoms with van der Waals surface area (Å²) in [5.74, 6) is 0. The van der Waals surface area contributed by atoms with Crippen LogP contribution in [0, 0.1) is 5.41 Å². The van der Waals surface area contributed by atoms with Gasteiger partial charge in [0, 0.05) is 44.3 Å². The number of hydrogen-bond acceptors (Lipinski definition) is 4. The number of furan rings is 1. The minimum absolute atomic E-state index is 0.461. The molecular formula is C21H26N4O. The monoisotopic (exact) mass is 350 g/mol. The molecule has 26 heavy (non-hydrogen) atoms. The number of aromatic nitrogens is 2. The summed E-state index contributed by atoms with van der Waals surface area (Å²) in [5.41, 5.74) is 4.24. The van der Waals surface area contributed by atoms with Gasteiger partial charge in [-0.2, -0.15) is 5.10 Å². The lowest BCUT2D eigenvalue weighted by molar-refractivity contribution is 0.179. The molecule has 4 heterocycles. The van der Waals surface area contributed by atoms with Crippen molar-refractivity contribution in [2.75, 3.05) is 36.0 Å². The molecule has 3 aromatic rings. The first-order valence-corrected chi connectivity index (χ1v) is 9.66. The van der Waals surface area contributed by atoms with Crippen LogP contribution in [0.15, 0.2) is 47.4 Å². The average Bonchev–Trinajstić information content (AvgIpc) is 3.33. The fourth-order valence-electron chi connectivity index (χ4n) is 4.86. The molecule has 0 N–H and O–H groups in total. The standard InChI is InChI=1S/C21H26N4O/c1-23-20-4-3-18(13-17(20)14-22-23)25-9-2-6-21(16-25)7-10-24(11-8-21)19-5-12-26-15-19/h3-5,12-15H,2,6-11,16H2,1H3. The maximum atomic E-state index is 5.26. The third-order valence-electron chi connectivity index (χ3n) is 6.45. The fourth-order valence-corrected chi connectivity index (χ4v) is 4.86. The molecule has 1 aromatic carbocycles. The second-order valence-electron chi connectivity index (χ2n) is 8.01. The van der Waals surface area contributed by atoms with Crippen LogP contribution in [0.1, 0.15) is 25.7 Å². The van der Waals surface area contributed by atoms with Crippen LogP contribution in [0.4, 0.5) is 11.4 Å². The Hall–Kier alpha value is -2.43. The van der Waals surface area contributed by atoms with E-state index in [0.717, 1.165) is 13.1 Å². The van der Waals surface area contributed by atoms with Gasteiger partial charge in [0.25, 0.3) is 0 Å². The number of fused-ring (bicyclic) bond motifs is 1. The van der Waals surface area contributed by atoms with Gasteiger partial charge in [0.1, 0.15) is 6.26 Å². The summed E-state index contributed by atoms with van der Waals surface area (Å²) >= 11 is 0. The molecule has 5 rings (SSSR count). The molecular weight excluding hydrogens is 324 g/mol. The summed E-state index contributed by atoms with van der Waals surface area (Å²) in [4.78, 5) is 5.07. The van der Waals surface area contributed by atoms with E-state index < -0.39 is 0 Å². The number of nitrogens with zero attached hydrogens (tertiary/aromatic N) is 4. The van der Waals surface area contributed by atoms with Crippen LogP contribution in [0.2, 0.25) is 0 Å². The van der Waals surface area contributed by atoms with Crippen molar-refractivity contribution in [3.8, 4) is 0 Å². The Labute approximate surface area is 154 Å². The van der Waals surface area contributed by atoms with Crippen molar-refractivity contribution < 1.29 is 4.42 Å². The average molecular weight is 350 g/mol. The van der Waals surface area contributed by atoms with Crippen molar-refractivity contribution in [2.45, 2.75) is 25.7 Å². The lowest BCUT2D eigenvalue weighted by Gasteiger charge is -2.48. The van der Waals surface area contributed by atoms with Gasteiger partial charge in [0.15, 0.2) is 0 Å². The van der Waals surface area contributed by atoms with E-state index in [-0.39, 0.29) is 0 Å². The van der Waals surface area contributed by atoms with Gasteiger partial charge in [-0.05, 0) is 55.4 Å². The van der Waals surface area contributed by atoms with Crippen LogP contribution >= 0.6 is 0 Å². The maximum absolute atomic E-state index is 5.26. The number of rotatable bonds is 2. The molecule has 5 nitrogen and oxygen atoms in total. The van der Waals surface area contributed by atoms with Crippen LogP contribution in [0.5, 0.6) is 0 Å². The molecule has 1 spiro atoms. The number of anilines is 2. The molecule has 136 valence electrons. The minimum Gasteiger partial charge on any atom is -0.470 e. The second kappa shape index (κ2) is 6.08. The van der Waals surface area contributed by atoms with E-state index >= 15 is 0 Å². The Balaban J connectivity index is 1.33. The topological polar surface area (TPSA) is 37.4 Å². The van der Waals surface area contributed by atoms with Crippen molar-refractivity contribution in [3.05, 3.63) is 43.0 Å². The minimum atomic E-state index is 0.461. The zero-order chi connectivity index (χ0) is 17.6. The molecule has 5 heteroatoms. The lowest BCUT2D eigenvalue weighted by Crippen LogP contribution is -2.49. The molecule has 0 aliphatic carbocycles. The smallest absolute Gasteiger partial charge is 0.114 e. The van der Waals surface area contributed by atoms with E-state index in [1.807, 2.05) is 24.2 Å². The zero-order valence-corrected chi connectivity index (χ0v) is 15.4. The van der Waals surface area contributed by atoms with Crippen LogP contribution in [-0.4, -0.2) is 36.0 Å². The van der Waals surface area contributed by atoms with Gasteiger partial charge in [0.2, 0.25) is 0 Å². The SMILES string of the molecule is Cn1ncc2cc(N3CCCC4(CCN(c5ccoc5)CC4)C3)ccc21. The highest BCUT2D eigenvalue weighted by atomic mass is 16.3. The summed E-state index contributed by atoms with van der Waals surface area (Å²) < 4.78 is 7.21. The van der Waals surface area contributed by atoms with Gasteiger partial charge in [-0.3, -0.25) is 4.68 Å². The molecule has 0 amide bonds. The second-order valence-corrected chi connectivity index (χ2v) is 8.01. The van der Waals surface area contributed by atoms with E-state index in [1.54, 1.807) is 6.26 Å². The van der Waals surface area contributed by atoms with E-state index in [9.17, 15) is 0 Å². The van der Waals surface area contributed by atoms with Crippen LogP contribution in [0.25, 0.3) is 10.9 Å². The lowest BCUT2D eigenvalue weighted by atomic mass is 9.72. The van der Waals surface area contributed by atoms with Crippen LogP contribution in [0.3, 0.4) is 0 Å². The number of benzene rings is 1. The van der Waals surface area contributed by atoms with E-state index in [2.05, 4.69) is 39.2 Å². The largest absolute Gasteiger partial charge is 0.470 e. The first kappa shape index (κ1) is 15.8. The Kier molecular flexibility index (Phi) is 3.69. The highest BCUT2D eigenvalue weighted by molar-refractivity contribution is 5.82. The van der Waals surface area contributed by atoms with E-state index in [1.165, 1.54) is 61.1 Å². The Morgan fingerprint density at radius 3 is 2.69 bits per heavy atom. The van der Waals surface area contributed by atoms with Gasteiger partial charge >= 0.3 is 0 Å². The number of piperidine rings is 2. The van der Waals surface area contributed by atoms with E-state index in [0.29, 0.717) is 5.41 Å². The Bertz CT molecular complexity index is 890. The van der Waals surface area contributed by atoms with Gasteiger partial charge in [-0.15, -0.1) is 0 Å². The predicted octanol–water partition coefficient (Wildman–Crippen LogP) is 4.05. The van der Waals surface area contributed by atoms with Gasteiger partial charge in [-0.1, -0.05) is 0 Å². The molecule has 2 fully saturated rings. The molecule has 2 aliphatic rings. The predicted molar refractivity (Wildman–Crippen MR) is 105 cm³/mol. The molecule has 0 bridgehead atoms. The van der Waals surface area contributed by atoms with Crippen molar-refractivity contribution in [1.82, 2.24) is 9.78 Å². The first-order chi connectivity index (χ1) is 12.7. The van der Waals surface area contributed by atoms with Gasteiger partial charge in [-0.25, -0.2) is 0 Å². The summed E-state index contributed by atoms with van der Waals surface area (Å²) in [5, 5.41) is 5.62. The molecule has 0 radical (unpaired) electrons. The van der Waals surface area contributed by atoms with Crippen molar-refractivity contribution in [1.29, 1.82) is 0 Å². The molecule has 2 aliphatic heterocycles. The van der Waals surface area contributed by atoms with Crippen LogP contribution in [-0.2, 0) is 7.05 Å². The molecule has 0 unspecified atom stereocenters. The zero-order valence-electron chi connectivity index (χ0n) is 15.4. The van der Waals surface area contributed by atoms with Crippen LogP contribution < -0.4 is 9.80 Å². The summed E-state index contributed by atoms with van der Waals surface area (Å²) in [7, 11) is 2.01.